The Morgan fingerprint density at radius 1 is 1.25 bits per heavy atom. The highest BCUT2D eigenvalue weighted by molar-refractivity contribution is 4.95. The maximum atomic E-state index is 6.31. The first-order valence-corrected chi connectivity index (χ1v) is 6.32. The molecule has 0 aliphatic heterocycles. The van der Waals surface area contributed by atoms with Crippen LogP contribution in [0.25, 0.3) is 0 Å². The van der Waals surface area contributed by atoms with Gasteiger partial charge in [0.05, 0.1) is 11.2 Å². The third-order valence-corrected chi connectivity index (χ3v) is 4.14. The molecule has 1 fully saturated rings. The third-order valence-electron chi connectivity index (χ3n) is 4.14. The number of hydrogen-bond acceptors (Lipinski definition) is 3. The van der Waals surface area contributed by atoms with Gasteiger partial charge in [-0.25, -0.2) is 0 Å². The van der Waals surface area contributed by atoms with Crippen molar-refractivity contribution in [1.82, 2.24) is 0 Å². The zero-order valence-corrected chi connectivity index (χ0v) is 11.2. The lowest BCUT2D eigenvalue weighted by Gasteiger charge is -2.35. The Balaban J connectivity index is 2.47. The van der Waals surface area contributed by atoms with Gasteiger partial charge in [-0.15, -0.1) is 0 Å². The summed E-state index contributed by atoms with van der Waals surface area (Å²) in [6, 6.07) is 0.134. The minimum absolute atomic E-state index is 0.0657. The molecule has 1 atom stereocenters. The van der Waals surface area contributed by atoms with Crippen molar-refractivity contribution >= 4 is 0 Å². The molecule has 16 heavy (non-hydrogen) atoms. The largest absolute Gasteiger partial charge is 0.379 e. The van der Waals surface area contributed by atoms with E-state index in [9.17, 15) is 0 Å². The Morgan fingerprint density at radius 2 is 1.81 bits per heavy atom. The molecule has 3 nitrogen and oxygen atoms in total. The van der Waals surface area contributed by atoms with E-state index < -0.39 is 0 Å². The summed E-state index contributed by atoms with van der Waals surface area (Å²) >= 11 is 0. The summed E-state index contributed by atoms with van der Waals surface area (Å²) in [6.07, 6.45) is 6.66. The first kappa shape index (κ1) is 13.9. The lowest BCUT2D eigenvalue weighted by atomic mass is 9.86. The summed E-state index contributed by atoms with van der Waals surface area (Å²) in [5, 5.41) is 0. The molecule has 0 heterocycles. The fourth-order valence-electron chi connectivity index (χ4n) is 2.57. The average molecular weight is 229 g/mol. The van der Waals surface area contributed by atoms with E-state index in [1.807, 2.05) is 0 Å². The molecule has 2 N–H and O–H groups in total. The topological polar surface area (TPSA) is 44.5 Å². The molecule has 0 spiro atoms. The van der Waals surface area contributed by atoms with Crippen LogP contribution in [0.5, 0.6) is 0 Å². The van der Waals surface area contributed by atoms with Crippen LogP contribution in [-0.4, -0.2) is 31.5 Å². The predicted molar refractivity (Wildman–Crippen MR) is 66.5 cm³/mol. The summed E-state index contributed by atoms with van der Waals surface area (Å²) in [6.45, 7) is 4.21. The van der Waals surface area contributed by atoms with Crippen LogP contribution in [-0.2, 0) is 9.47 Å². The standard InChI is InChI=1S/C13H27NO2/c1-12(2,15-3)10-7-11(14)13(16-4)8-5-6-9-13/h11H,5-10,14H2,1-4H3. The summed E-state index contributed by atoms with van der Waals surface area (Å²) < 4.78 is 11.1. The van der Waals surface area contributed by atoms with E-state index in [4.69, 9.17) is 15.2 Å². The van der Waals surface area contributed by atoms with Crippen molar-refractivity contribution in [2.45, 2.75) is 69.6 Å². The van der Waals surface area contributed by atoms with Crippen LogP contribution in [0.4, 0.5) is 0 Å². The smallest absolute Gasteiger partial charge is 0.0828 e. The lowest BCUT2D eigenvalue weighted by molar-refractivity contribution is -0.0388. The van der Waals surface area contributed by atoms with Crippen molar-refractivity contribution in [3.05, 3.63) is 0 Å². The van der Waals surface area contributed by atoms with Crippen LogP contribution in [0.2, 0.25) is 0 Å². The molecular weight excluding hydrogens is 202 g/mol. The molecule has 1 aliphatic carbocycles. The van der Waals surface area contributed by atoms with E-state index in [0.717, 1.165) is 25.7 Å². The molecule has 0 aromatic carbocycles. The molecule has 1 saturated carbocycles. The van der Waals surface area contributed by atoms with E-state index in [-0.39, 0.29) is 17.2 Å². The number of rotatable bonds is 6. The third kappa shape index (κ3) is 3.19. The summed E-state index contributed by atoms with van der Waals surface area (Å²) in [4.78, 5) is 0. The molecule has 0 aromatic rings. The van der Waals surface area contributed by atoms with Crippen molar-refractivity contribution in [2.24, 2.45) is 5.73 Å². The minimum atomic E-state index is -0.0782. The van der Waals surface area contributed by atoms with Gasteiger partial charge in [0.2, 0.25) is 0 Å². The van der Waals surface area contributed by atoms with Crippen LogP contribution in [0.3, 0.4) is 0 Å². The highest BCUT2D eigenvalue weighted by Crippen LogP contribution is 2.36. The Labute approximate surface area is 99.7 Å². The fourth-order valence-corrected chi connectivity index (χ4v) is 2.57. The lowest BCUT2D eigenvalue weighted by Crippen LogP contribution is -2.48. The van der Waals surface area contributed by atoms with Gasteiger partial charge in [-0.05, 0) is 39.5 Å². The predicted octanol–water partition coefficient (Wildman–Crippen LogP) is 2.48. The molecular formula is C13H27NO2. The normalized spacial score (nSPS) is 22.3. The summed E-state index contributed by atoms with van der Waals surface area (Å²) in [5.41, 5.74) is 6.16. The Bertz CT molecular complexity index is 210. The van der Waals surface area contributed by atoms with E-state index in [1.165, 1.54) is 12.8 Å². The highest BCUT2D eigenvalue weighted by atomic mass is 16.5. The second-order valence-corrected chi connectivity index (χ2v) is 5.58. The Hall–Kier alpha value is -0.120. The van der Waals surface area contributed by atoms with Crippen molar-refractivity contribution in [1.29, 1.82) is 0 Å². The number of nitrogens with two attached hydrogens (primary N) is 1. The molecule has 0 bridgehead atoms. The Kier molecular flexibility index (Phi) is 4.77. The average Bonchev–Trinajstić information content (AvgIpc) is 2.76. The van der Waals surface area contributed by atoms with Crippen LogP contribution < -0.4 is 5.73 Å². The van der Waals surface area contributed by atoms with Crippen LogP contribution in [0.1, 0.15) is 52.4 Å². The van der Waals surface area contributed by atoms with E-state index in [2.05, 4.69) is 13.8 Å². The second-order valence-electron chi connectivity index (χ2n) is 5.58. The van der Waals surface area contributed by atoms with Gasteiger partial charge in [0.15, 0.2) is 0 Å². The van der Waals surface area contributed by atoms with Crippen LogP contribution in [0.15, 0.2) is 0 Å². The number of hydrogen-bond donors (Lipinski definition) is 1. The van der Waals surface area contributed by atoms with Gasteiger partial charge in [0.1, 0.15) is 0 Å². The second kappa shape index (κ2) is 5.48. The maximum absolute atomic E-state index is 6.31. The van der Waals surface area contributed by atoms with E-state index in [0.29, 0.717) is 0 Å². The fraction of sp³-hybridized carbons (Fsp3) is 1.00. The summed E-state index contributed by atoms with van der Waals surface area (Å²) in [7, 11) is 3.56. The van der Waals surface area contributed by atoms with Gasteiger partial charge in [-0.1, -0.05) is 12.8 Å². The highest BCUT2D eigenvalue weighted by Gasteiger charge is 2.39. The molecule has 1 rings (SSSR count). The Morgan fingerprint density at radius 3 is 2.25 bits per heavy atom. The molecule has 96 valence electrons. The molecule has 0 radical (unpaired) electrons. The quantitative estimate of drug-likeness (QED) is 0.761. The van der Waals surface area contributed by atoms with Crippen molar-refractivity contribution < 1.29 is 9.47 Å². The van der Waals surface area contributed by atoms with Gasteiger partial charge < -0.3 is 15.2 Å². The van der Waals surface area contributed by atoms with Gasteiger partial charge in [-0.2, -0.15) is 0 Å². The molecule has 1 aliphatic rings. The summed E-state index contributed by atoms with van der Waals surface area (Å²) in [5.74, 6) is 0. The van der Waals surface area contributed by atoms with Gasteiger partial charge in [-0.3, -0.25) is 0 Å². The minimum Gasteiger partial charge on any atom is -0.379 e. The molecule has 0 amide bonds. The van der Waals surface area contributed by atoms with Crippen LogP contribution >= 0.6 is 0 Å². The van der Waals surface area contributed by atoms with Gasteiger partial charge in [0.25, 0.3) is 0 Å². The van der Waals surface area contributed by atoms with E-state index >= 15 is 0 Å². The zero-order chi connectivity index (χ0) is 12.2. The molecule has 0 saturated heterocycles. The molecule has 1 unspecified atom stereocenters. The molecule has 3 heteroatoms. The maximum Gasteiger partial charge on any atom is 0.0828 e. The molecule has 0 aromatic heterocycles. The number of ether oxygens (including phenoxy) is 2. The van der Waals surface area contributed by atoms with Gasteiger partial charge in [0, 0.05) is 20.3 Å². The van der Waals surface area contributed by atoms with Crippen LogP contribution in [0, 0.1) is 0 Å². The van der Waals surface area contributed by atoms with Crippen molar-refractivity contribution in [2.75, 3.05) is 14.2 Å². The first-order valence-electron chi connectivity index (χ1n) is 6.32. The van der Waals surface area contributed by atoms with Crippen molar-refractivity contribution in [3.63, 3.8) is 0 Å². The monoisotopic (exact) mass is 229 g/mol. The first-order chi connectivity index (χ1) is 7.46. The number of methoxy groups -OCH3 is 2. The SMILES string of the molecule is COC(C)(C)CCC(N)C1(OC)CCCC1. The van der Waals surface area contributed by atoms with E-state index in [1.54, 1.807) is 14.2 Å². The van der Waals surface area contributed by atoms with Crippen molar-refractivity contribution in [3.8, 4) is 0 Å². The zero-order valence-electron chi connectivity index (χ0n) is 11.2. The van der Waals surface area contributed by atoms with Gasteiger partial charge >= 0.3 is 0 Å².